The number of rotatable bonds is 6. The largest absolute Gasteiger partial charge is 0.497 e. The summed E-state index contributed by atoms with van der Waals surface area (Å²) in [6.45, 7) is 0. The number of fused-ring (bicyclic) bond motifs is 2. The Labute approximate surface area is 188 Å². The molecule has 2 fully saturated rings. The van der Waals surface area contributed by atoms with Crippen LogP contribution in [0.15, 0.2) is 48.5 Å². The summed E-state index contributed by atoms with van der Waals surface area (Å²) in [4.78, 5) is 15.7. The van der Waals surface area contributed by atoms with E-state index in [0.29, 0.717) is 24.2 Å². The van der Waals surface area contributed by atoms with E-state index in [1.165, 1.54) is 0 Å². The second-order valence-corrected chi connectivity index (χ2v) is 9.56. The van der Waals surface area contributed by atoms with E-state index in [-0.39, 0.29) is 12.1 Å². The highest BCUT2D eigenvalue weighted by atomic mass is 32.2. The van der Waals surface area contributed by atoms with Crippen LogP contribution >= 0.6 is 0 Å². The second-order valence-electron chi connectivity index (χ2n) is 8.40. The normalized spacial score (nSPS) is 25.2. The molecule has 0 saturated carbocycles. The lowest BCUT2D eigenvalue weighted by Gasteiger charge is -2.54. The quantitative estimate of drug-likeness (QED) is 0.706. The smallest absolute Gasteiger partial charge is 0.382 e. The number of carbonyl (C=O) groups excluding carboxylic acids is 1. The monoisotopic (exact) mass is 460 g/mol. The van der Waals surface area contributed by atoms with Crippen LogP contribution in [0.4, 0.5) is 5.69 Å². The predicted molar refractivity (Wildman–Crippen MR) is 120 cm³/mol. The van der Waals surface area contributed by atoms with Crippen molar-refractivity contribution in [2.45, 2.75) is 49.6 Å². The Morgan fingerprint density at radius 3 is 2.34 bits per heavy atom. The van der Waals surface area contributed by atoms with E-state index in [1.807, 2.05) is 30.3 Å². The molecule has 2 aromatic rings. The van der Waals surface area contributed by atoms with Crippen molar-refractivity contribution < 1.29 is 26.9 Å². The van der Waals surface area contributed by atoms with Crippen LogP contribution in [-0.4, -0.2) is 40.7 Å². The lowest BCUT2D eigenvalue weighted by atomic mass is 9.64. The molecular formula is C23H28N2O6S. The van der Waals surface area contributed by atoms with Crippen LogP contribution in [-0.2, 0) is 24.7 Å². The van der Waals surface area contributed by atoms with Crippen molar-refractivity contribution in [3.05, 3.63) is 54.1 Å². The van der Waals surface area contributed by atoms with Crippen molar-refractivity contribution in [3.63, 3.8) is 0 Å². The Bertz CT molecular complexity index is 1090. The molecule has 0 aromatic heterocycles. The maximum absolute atomic E-state index is 13.4. The van der Waals surface area contributed by atoms with Gasteiger partial charge in [0.2, 0.25) is 0 Å². The average molecular weight is 461 g/mol. The highest BCUT2D eigenvalue weighted by molar-refractivity contribution is 7.84. The maximum Gasteiger partial charge on any atom is 0.382 e. The van der Waals surface area contributed by atoms with E-state index >= 15 is 0 Å². The van der Waals surface area contributed by atoms with Crippen molar-refractivity contribution >= 4 is 22.0 Å². The van der Waals surface area contributed by atoms with Crippen molar-refractivity contribution in [1.29, 1.82) is 0 Å². The molecule has 2 unspecified atom stereocenters. The molecule has 2 heterocycles. The summed E-state index contributed by atoms with van der Waals surface area (Å²) in [6.07, 6.45) is 3.54. The summed E-state index contributed by atoms with van der Waals surface area (Å²) in [6, 6.07) is 15.0. The molecular weight excluding hydrogens is 432 g/mol. The molecule has 8 nitrogen and oxygen atoms in total. The molecule has 2 aliphatic heterocycles. The standard InChI is InChI=1S/C23H28N2O6S/c1-29-19-10-5-7-16(13-19)23(22(26)31-32(24,27)28)14-17-8-6-9-18(15-23)25(17)20-11-3-4-12-21(20)30-2/h3-5,7,10-13,17-18H,6,8-9,14-15H2,1-2H3,(H2,24,27,28). The van der Waals surface area contributed by atoms with Gasteiger partial charge in [0.05, 0.1) is 25.3 Å². The van der Waals surface area contributed by atoms with Crippen molar-refractivity contribution in [1.82, 2.24) is 0 Å². The number of nitrogens with two attached hydrogens (primary N) is 1. The van der Waals surface area contributed by atoms with Gasteiger partial charge in [-0.2, -0.15) is 13.6 Å². The summed E-state index contributed by atoms with van der Waals surface area (Å²) in [7, 11) is -1.26. The number of nitrogens with zero attached hydrogens (tertiary/aromatic N) is 1. The lowest BCUT2D eigenvalue weighted by molar-refractivity contribution is -0.142. The van der Waals surface area contributed by atoms with E-state index in [1.54, 1.807) is 32.4 Å². The lowest BCUT2D eigenvalue weighted by Crippen LogP contribution is -2.60. The second kappa shape index (κ2) is 8.63. The number of anilines is 1. The molecule has 172 valence electrons. The topological polar surface area (TPSA) is 108 Å². The zero-order valence-electron chi connectivity index (χ0n) is 18.2. The Hall–Kier alpha value is -2.78. The molecule has 2 saturated heterocycles. The van der Waals surface area contributed by atoms with Crippen LogP contribution in [0.1, 0.15) is 37.7 Å². The van der Waals surface area contributed by atoms with Crippen LogP contribution < -0.4 is 19.5 Å². The van der Waals surface area contributed by atoms with Crippen LogP contribution in [0.25, 0.3) is 0 Å². The Balaban J connectivity index is 1.80. The molecule has 0 aliphatic carbocycles. The fourth-order valence-corrected chi connectivity index (χ4v) is 5.69. The Morgan fingerprint density at radius 1 is 1.03 bits per heavy atom. The van der Waals surface area contributed by atoms with E-state index in [4.69, 9.17) is 18.8 Å². The van der Waals surface area contributed by atoms with Crippen LogP contribution in [0, 0.1) is 0 Å². The summed E-state index contributed by atoms with van der Waals surface area (Å²) in [5.41, 5.74) is 0.487. The number of ether oxygens (including phenoxy) is 2. The predicted octanol–water partition coefficient (Wildman–Crippen LogP) is 2.91. The molecule has 2 atom stereocenters. The molecule has 2 aromatic carbocycles. The van der Waals surface area contributed by atoms with Gasteiger partial charge >= 0.3 is 16.3 Å². The molecule has 0 amide bonds. The van der Waals surface area contributed by atoms with Crippen LogP contribution in [0.5, 0.6) is 11.5 Å². The first-order valence-electron chi connectivity index (χ1n) is 10.6. The summed E-state index contributed by atoms with van der Waals surface area (Å²) in [5.74, 6) is 0.512. The highest BCUT2D eigenvalue weighted by Gasteiger charge is 2.53. The van der Waals surface area contributed by atoms with E-state index in [2.05, 4.69) is 4.90 Å². The van der Waals surface area contributed by atoms with Crippen LogP contribution in [0.3, 0.4) is 0 Å². The molecule has 0 spiro atoms. The summed E-state index contributed by atoms with van der Waals surface area (Å²) >= 11 is 0. The minimum atomic E-state index is -4.45. The zero-order valence-corrected chi connectivity index (χ0v) is 19.0. The number of hydrogen-bond acceptors (Lipinski definition) is 7. The van der Waals surface area contributed by atoms with Gasteiger partial charge in [-0.25, -0.2) is 4.79 Å². The zero-order chi connectivity index (χ0) is 22.9. The number of para-hydroxylation sites is 2. The minimum Gasteiger partial charge on any atom is -0.497 e. The van der Waals surface area contributed by atoms with E-state index in [9.17, 15) is 13.2 Å². The molecule has 2 N–H and O–H groups in total. The average Bonchev–Trinajstić information content (AvgIpc) is 2.77. The first kappa shape index (κ1) is 22.4. The maximum atomic E-state index is 13.4. The van der Waals surface area contributed by atoms with Gasteiger partial charge in [0.15, 0.2) is 0 Å². The molecule has 32 heavy (non-hydrogen) atoms. The van der Waals surface area contributed by atoms with Gasteiger partial charge in [0.1, 0.15) is 11.5 Å². The van der Waals surface area contributed by atoms with Gasteiger partial charge in [-0.15, -0.1) is 0 Å². The molecule has 2 bridgehead atoms. The van der Waals surface area contributed by atoms with Gasteiger partial charge < -0.3 is 18.6 Å². The van der Waals surface area contributed by atoms with Gasteiger partial charge in [-0.3, -0.25) is 0 Å². The number of benzene rings is 2. The number of piperidine rings is 2. The SMILES string of the molecule is COc1cccc(C2(C(=O)OS(N)(=O)=O)CC3CCCC(C2)N3c2ccccc2OC)c1. The van der Waals surface area contributed by atoms with Gasteiger partial charge in [0.25, 0.3) is 0 Å². The molecule has 0 radical (unpaired) electrons. The summed E-state index contributed by atoms with van der Waals surface area (Å²) in [5, 5.41) is 5.09. The van der Waals surface area contributed by atoms with E-state index < -0.39 is 21.7 Å². The number of hydrogen-bond donors (Lipinski definition) is 1. The van der Waals surface area contributed by atoms with E-state index in [0.717, 1.165) is 30.7 Å². The first-order valence-corrected chi connectivity index (χ1v) is 12.1. The third-order valence-electron chi connectivity index (χ3n) is 6.60. The van der Waals surface area contributed by atoms with Crippen LogP contribution in [0.2, 0.25) is 0 Å². The van der Waals surface area contributed by atoms with Crippen molar-refractivity contribution in [3.8, 4) is 11.5 Å². The third kappa shape index (κ3) is 4.14. The van der Waals surface area contributed by atoms with Crippen molar-refractivity contribution in [2.75, 3.05) is 19.1 Å². The Morgan fingerprint density at radius 2 is 1.72 bits per heavy atom. The minimum absolute atomic E-state index is 0.00182. The fraction of sp³-hybridized carbons (Fsp3) is 0.435. The number of methoxy groups -OCH3 is 2. The van der Waals surface area contributed by atoms with Crippen molar-refractivity contribution in [2.24, 2.45) is 5.14 Å². The third-order valence-corrected chi connectivity index (χ3v) is 6.98. The Kier molecular flexibility index (Phi) is 6.05. The van der Waals surface area contributed by atoms with Gasteiger partial charge in [0, 0.05) is 12.1 Å². The van der Waals surface area contributed by atoms with Gasteiger partial charge in [-0.1, -0.05) is 24.3 Å². The number of carbonyl (C=O) groups is 1. The first-order chi connectivity index (χ1) is 15.3. The molecule has 2 aliphatic rings. The fourth-order valence-electron chi connectivity index (χ4n) is 5.32. The summed E-state index contributed by atoms with van der Waals surface area (Å²) < 4.78 is 39.1. The van der Waals surface area contributed by atoms with Gasteiger partial charge in [-0.05, 0) is 61.9 Å². The molecule has 9 heteroatoms. The highest BCUT2D eigenvalue weighted by Crippen LogP contribution is 2.50. The molecule has 4 rings (SSSR count).